The molecular formula is C18H26ClN3O2. The summed E-state index contributed by atoms with van der Waals surface area (Å²) in [7, 11) is 0. The number of carbonyl (C=O) groups is 1. The maximum atomic E-state index is 12.2. The van der Waals surface area contributed by atoms with Crippen LogP contribution in [0.25, 0.3) is 0 Å². The highest BCUT2D eigenvalue weighted by Crippen LogP contribution is 2.32. The third kappa shape index (κ3) is 4.41. The number of urea groups is 1. The molecule has 0 radical (unpaired) electrons. The lowest BCUT2D eigenvalue weighted by Crippen LogP contribution is -2.50. The highest BCUT2D eigenvalue weighted by molar-refractivity contribution is 6.30. The predicted octanol–water partition coefficient (Wildman–Crippen LogP) is 2.74. The van der Waals surface area contributed by atoms with E-state index in [1.807, 2.05) is 18.2 Å². The number of benzene rings is 1. The molecule has 1 aliphatic heterocycles. The van der Waals surface area contributed by atoms with Crippen molar-refractivity contribution in [3.05, 3.63) is 34.3 Å². The van der Waals surface area contributed by atoms with Crippen LogP contribution < -0.4 is 10.6 Å². The zero-order valence-electron chi connectivity index (χ0n) is 14.4. The van der Waals surface area contributed by atoms with Crippen LogP contribution in [0.5, 0.6) is 0 Å². The standard InChI is InChI=1S/C18H26ClN3O2/c1-18(2)12-22(9-10-24-18)8-7-20-17(23)21-16-6-3-13-11-14(19)4-5-15(13)16/h4-5,11,16H,3,6-10,12H2,1-2H3,(H2,20,21,23). The van der Waals surface area contributed by atoms with E-state index in [9.17, 15) is 4.79 Å². The van der Waals surface area contributed by atoms with Crippen molar-refractivity contribution < 1.29 is 9.53 Å². The Labute approximate surface area is 148 Å². The molecule has 3 rings (SSSR count). The van der Waals surface area contributed by atoms with E-state index in [-0.39, 0.29) is 17.7 Å². The molecule has 0 bridgehead atoms. The Morgan fingerprint density at radius 1 is 1.46 bits per heavy atom. The molecule has 0 spiro atoms. The monoisotopic (exact) mass is 351 g/mol. The molecule has 24 heavy (non-hydrogen) atoms. The molecule has 1 unspecified atom stereocenters. The first-order chi connectivity index (χ1) is 11.4. The summed E-state index contributed by atoms with van der Waals surface area (Å²) in [5.74, 6) is 0. The van der Waals surface area contributed by atoms with Crippen molar-refractivity contribution in [1.82, 2.24) is 15.5 Å². The summed E-state index contributed by atoms with van der Waals surface area (Å²) < 4.78 is 5.70. The van der Waals surface area contributed by atoms with E-state index in [1.165, 1.54) is 11.1 Å². The van der Waals surface area contributed by atoms with E-state index in [4.69, 9.17) is 16.3 Å². The lowest BCUT2D eigenvalue weighted by molar-refractivity contribution is -0.0852. The molecular weight excluding hydrogens is 326 g/mol. The molecule has 5 nitrogen and oxygen atoms in total. The SMILES string of the molecule is CC1(C)CN(CCNC(=O)NC2CCc3cc(Cl)ccc32)CCO1. The molecule has 2 amide bonds. The van der Waals surface area contributed by atoms with Gasteiger partial charge < -0.3 is 15.4 Å². The third-order valence-electron chi connectivity index (χ3n) is 4.71. The molecule has 1 atom stereocenters. The Morgan fingerprint density at radius 2 is 2.29 bits per heavy atom. The molecule has 2 N–H and O–H groups in total. The summed E-state index contributed by atoms with van der Waals surface area (Å²) in [6, 6.07) is 5.88. The van der Waals surface area contributed by atoms with Gasteiger partial charge in [0.1, 0.15) is 0 Å². The van der Waals surface area contributed by atoms with Crippen molar-refractivity contribution in [2.24, 2.45) is 0 Å². The van der Waals surface area contributed by atoms with Crippen molar-refractivity contribution in [2.45, 2.75) is 38.3 Å². The average Bonchev–Trinajstić information content (AvgIpc) is 2.88. The maximum Gasteiger partial charge on any atom is 0.315 e. The van der Waals surface area contributed by atoms with Crippen LogP contribution in [0.15, 0.2) is 18.2 Å². The first-order valence-corrected chi connectivity index (χ1v) is 9.00. The van der Waals surface area contributed by atoms with Crippen LogP contribution in [0.2, 0.25) is 5.02 Å². The predicted molar refractivity (Wildman–Crippen MR) is 95.5 cm³/mol. The van der Waals surface area contributed by atoms with Gasteiger partial charge in [0.15, 0.2) is 0 Å². The van der Waals surface area contributed by atoms with Gasteiger partial charge in [-0.1, -0.05) is 17.7 Å². The third-order valence-corrected chi connectivity index (χ3v) is 4.94. The highest BCUT2D eigenvalue weighted by Gasteiger charge is 2.27. The Kier molecular flexibility index (Phi) is 5.33. The average molecular weight is 352 g/mol. The van der Waals surface area contributed by atoms with Gasteiger partial charge in [0, 0.05) is 31.2 Å². The smallest absolute Gasteiger partial charge is 0.315 e. The number of hydrogen-bond acceptors (Lipinski definition) is 3. The number of fused-ring (bicyclic) bond motifs is 1. The second kappa shape index (κ2) is 7.30. The molecule has 1 fully saturated rings. The van der Waals surface area contributed by atoms with E-state index >= 15 is 0 Å². The number of morpholine rings is 1. The minimum Gasteiger partial charge on any atom is -0.373 e. The van der Waals surface area contributed by atoms with Crippen LogP contribution in [0.4, 0.5) is 4.79 Å². The van der Waals surface area contributed by atoms with Gasteiger partial charge in [-0.15, -0.1) is 0 Å². The van der Waals surface area contributed by atoms with Crippen molar-refractivity contribution in [1.29, 1.82) is 0 Å². The van der Waals surface area contributed by atoms with Gasteiger partial charge in [-0.3, -0.25) is 4.90 Å². The minimum absolute atomic E-state index is 0.0830. The quantitative estimate of drug-likeness (QED) is 0.877. The van der Waals surface area contributed by atoms with Crippen molar-refractivity contribution >= 4 is 17.6 Å². The van der Waals surface area contributed by atoms with Crippen LogP contribution in [-0.2, 0) is 11.2 Å². The summed E-state index contributed by atoms with van der Waals surface area (Å²) in [6.07, 6.45) is 1.89. The molecule has 1 aromatic carbocycles. The van der Waals surface area contributed by atoms with Gasteiger partial charge in [0.25, 0.3) is 0 Å². The number of hydrogen-bond donors (Lipinski definition) is 2. The van der Waals surface area contributed by atoms with Crippen molar-refractivity contribution in [3.8, 4) is 0 Å². The van der Waals surface area contributed by atoms with Crippen LogP contribution in [0, 0.1) is 0 Å². The fourth-order valence-corrected chi connectivity index (χ4v) is 3.77. The number of amides is 2. The molecule has 6 heteroatoms. The number of carbonyl (C=O) groups excluding carboxylic acids is 1. The first-order valence-electron chi connectivity index (χ1n) is 8.62. The Morgan fingerprint density at radius 3 is 3.08 bits per heavy atom. The maximum absolute atomic E-state index is 12.2. The van der Waals surface area contributed by atoms with E-state index in [0.29, 0.717) is 6.54 Å². The number of halogens is 1. The normalized spacial score (nSPS) is 22.9. The second-order valence-electron chi connectivity index (χ2n) is 7.22. The van der Waals surface area contributed by atoms with Gasteiger partial charge in [-0.25, -0.2) is 4.79 Å². The Hall–Kier alpha value is -1.30. The summed E-state index contributed by atoms with van der Waals surface area (Å²) in [6.45, 7) is 8.25. The molecule has 132 valence electrons. The number of ether oxygens (including phenoxy) is 1. The second-order valence-corrected chi connectivity index (χ2v) is 7.66. The molecule has 1 aromatic rings. The molecule has 0 aromatic heterocycles. The van der Waals surface area contributed by atoms with Gasteiger partial charge in [-0.2, -0.15) is 0 Å². The van der Waals surface area contributed by atoms with E-state index in [0.717, 1.165) is 44.1 Å². The lowest BCUT2D eigenvalue weighted by Gasteiger charge is -2.38. The highest BCUT2D eigenvalue weighted by atomic mass is 35.5. The fraction of sp³-hybridized carbons (Fsp3) is 0.611. The van der Waals surface area contributed by atoms with E-state index < -0.39 is 0 Å². The topological polar surface area (TPSA) is 53.6 Å². The van der Waals surface area contributed by atoms with Crippen molar-refractivity contribution in [3.63, 3.8) is 0 Å². The molecule has 1 saturated heterocycles. The fourth-order valence-electron chi connectivity index (χ4n) is 3.58. The van der Waals surface area contributed by atoms with Gasteiger partial charge in [-0.05, 0) is 49.9 Å². The van der Waals surface area contributed by atoms with Crippen LogP contribution in [0.1, 0.15) is 37.4 Å². The number of nitrogens with one attached hydrogen (secondary N) is 2. The first kappa shape index (κ1) is 17.5. The molecule has 1 aliphatic carbocycles. The van der Waals surface area contributed by atoms with Crippen molar-refractivity contribution in [2.75, 3.05) is 32.8 Å². The summed E-state index contributed by atoms with van der Waals surface area (Å²) in [5.41, 5.74) is 2.32. The Balaban J connectivity index is 1.43. The van der Waals surface area contributed by atoms with Gasteiger partial charge in [0.05, 0.1) is 18.2 Å². The number of aryl methyl sites for hydroxylation is 1. The van der Waals surface area contributed by atoms with E-state index in [1.54, 1.807) is 0 Å². The summed E-state index contributed by atoms with van der Waals surface area (Å²) in [5, 5.41) is 6.80. The lowest BCUT2D eigenvalue weighted by atomic mass is 10.1. The zero-order chi connectivity index (χ0) is 17.2. The molecule has 0 saturated carbocycles. The van der Waals surface area contributed by atoms with E-state index in [2.05, 4.69) is 29.4 Å². The zero-order valence-corrected chi connectivity index (χ0v) is 15.2. The van der Waals surface area contributed by atoms with Crippen LogP contribution >= 0.6 is 11.6 Å². The number of nitrogens with zero attached hydrogens (tertiary/aromatic N) is 1. The van der Waals surface area contributed by atoms with Crippen LogP contribution in [-0.4, -0.2) is 49.3 Å². The summed E-state index contributed by atoms with van der Waals surface area (Å²) >= 11 is 6.03. The minimum atomic E-state index is -0.102. The largest absolute Gasteiger partial charge is 0.373 e. The van der Waals surface area contributed by atoms with Crippen LogP contribution in [0.3, 0.4) is 0 Å². The summed E-state index contributed by atoms with van der Waals surface area (Å²) in [4.78, 5) is 14.5. The van der Waals surface area contributed by atoms with Gasteiger partial charge in [0.2, 0.25) is 0 Å². The molecule has 1 heterocycles. The number of rotatable bonds is 4. The van der Waals surface area contributed by atoms with Gasteiger partial charge >= 0.3 is 6.03 Å². The molecule has 2 aliphatic rings. The Bertz CT molecular complexity index is 606.